The summed E-state index contributed by atoms with van der Waals surface area (Å²) >= 11 is 3.18. The Bertz CT molecular complexity index is 1380. The molecule has 3 heterocycles. The highest BCUT2D eigenvalue weighted by molar-refractivity contribution is 7.99. The first-order valence-electron chi connectivity index (χ1n) is 11.3. The maximum absolute atomic E-state index is 12.9. The van der Waals surface area contributed by atoms with Crippen molar-refractivity contribution in [2.45, 2.75) is 50.1 Å². The summed E-state index contributed by atoms with van der Waals surface area (Å²) < 4.78 is 12.9. The smallest absolute Gasteiger partial charge is 0.259 e. The van der Waals surface area contributed by atoms with E-state index in [-0.39, 0.29) is 10.8 Å². The molecule has 8 nitrogen and oxygen atoms in total. The Morgan fingerprint density at radius 1 is 1.26 bits per heavy atom. The number of hydrogen-bond acceptors (Lipinski definition) is 8. The monoisotopic (exact) mass is 497 g/mol. The SMILES string of the molecule is COc1ccc(OCc2nnc(S[C@@H](C)c3nc4sc5c(c4c(=O)[nH]3)CC[C@@H](C)C5)n2C)cc1. The molecule has 10 heteroatoms. The number of fused-ring (bicyclic) bond motifs is 3. The van der Waals surface area contributed by atoms with Crippen LogP contribution in [0.1, 0.15) is 47.6 Å². The molecule has 0 bridgehead atoms. The summed E-state index contributed by atoms with van der Waals surface area (Å²) in [6.07, 6.45) is 3.13. The fourth-order valence-corrected chi connectivity index (χ4v) is 6.45. The lowest BCUT2D eigenvalue weighted by Gasteiger charge is -2.17. The average Bonchev–Trinajstić information content (AvgIpc) is 3.37. The molecule has 2 atom stereocenters. The van der Waals surface area contributed by atoms with Crippen molar-refractivity contribution in [1.29, 1.82) is 0 Å². The number of nitrogens with zero attached hydrogens (tertiary/aromatic N) is 4. The van der Waals surface area contributed by atoms with Crippen LogP contribution in [0.2, 0.25) is 0 Å². The fourth-order valence-electron chi connectivity index (χ4n) is 4.17. The Morgan fingerprint density at radius 2 is 2.03 bits per heavy atom. The Kier molecular flexibility index (Phi) is 6.35. The number of benzene rings is 1. The van der Waals surface area contributed by atoms with Gasteiger partial charge in [0.15, 0.2) is 11.0 Å². The molecule has 1 aromatic carbocycles. The van der Waals surface area contributed by atoms with Crippen molar-refractivity contribution in [3.05, 3.63) is 56.7 Å². The predicted octanol–water partition coefficient (Wildman–Crippen LogP) is 4.68. The molecule has 1 N–H and O–H groups in total. The molecule has 1 aliphatic rings. The van der Waals surface area contributed by atoms with Gasteiger partial charge in [-0.15, -0.1) is 21.5 Å². The summed E-state index contributed by atoms with van der Waals surface area (Å²) in [5.41, 5.74) is 1.17. The molecular formula is C24H27N5O3S2. The van der Waals surface area contributed by atoms with Crippen LogP contribution in [0.4, 0.5) is 0 Å². The first kappa shape index (κ1) is 22.9. The van der Waals surface area contributed by atoms with E-state index < -0.39 is 0 Å². The number of aryl methyl sites for hydroxylation is 1. The van der Waals surface area contributed by atoms with Crippen molar-refractivity contribution in [2.24, 2.45) is 13.0 Å². The Balaban J connectivity index is 1.31. The van der Waals surface area contributed by atoms with Gasteiger partial charge in [0.05, 0.1) is 17.7 Å². The molecule has 3 aromatic heterocycles. The highest BCUT2D eigenvalue weighted by Crippen LogP contribution is 2.37. The number of rotatable bonds is 7. The second kappa shape index (κ2) is 9.42. The number of H-pyrrole nitrogens is 1. The van der Waals surface area contributed by atoms with Crippen molar-refractivity contribution >= 4 is 33.3 Å². The van der Waals surface area contributed by atoms with Gasteiger partial charge >= 0.3 is 0 Å². The van der Waals surface area contributed by atoms with Crippen molar-refractivity contribution in [2.75, 3.05) is 7.11 Å². The van der Waals surface area contributed by atoms with E-state index in [0.717, 1.165) is 46.1 Å². The lowest BCUT2D eigenvalue weighted by molar-refractivity contribution is 0.290. The first-order chi connectivity index (χ1) is 16.4. The third kappa shape index (κ3) is 4.44. The van der Waals surface area contributed by atoms with E-state index >= 15 is 0 Å². The molecule has 0 fully saturated rings. The summed E-state index contributed by atoms with van der Waals surface area (Å²) in [5, 5.41) is 10.0. The molecule has 0 radical (unpaired) electrons. The third-order valence-electron chi connectivity index (χ3n) is 6.20. The van der Waals surface area contributed by atoms with Gasteiger partial charge in [0.2, 0.25) is 0 Å². The number of ether oxygens (including phenoxy) is 2. The van der Waals surface area contributed by atoms with Gasteiger partial charge in [-0.2, -0.15) is 0 Å². The van der Waals surface area contributed by atoms with Gasteiger partial charge in [0.1, 0.15) is 28.8 Å². The van der Waals surface area contributed by atoms with E-state index in [1.54, 1.807) is 18.4 Å². The number of thiophene rings is 1. The Morgan fingerprint density at radius 3 is 2.79 bits per heavy atom. The van der Waals surface area contributed by atoms with E-state index in [2.05, 4.69) is 22.1 Å². The minimum absolute atomic E-state index is 0.0361. The van der Waals surface area contributed by atoms with Gasteiger partial charge < -0.3 is 19.0 Å². The quantitative estimate of drug-likeness (QED) is 0.371. The lowest BCUT2D eigenvalue weighted by Crippen LogP contribution is -2.15. The minimum Gasteiger partial charge on any atom is -0.497 e. The molecule has 4 aromatic rings. The fraction of sp³-hybridized carbons (Fsp3) is 0.417. The average molecular weight is 498 g/mol. The number of nitrogens with one attached hydrogen (secondary N) is 1. The number of methoxy groups -OCH3 is 1. The zero-order chi connectivity index (χ0) is 23.8. The van der Waals surface area contributed by atoms with Gasteiger partial charge in [-0.1, -0.05) is 18.7 Å². The van der Waals surface area contributed by atoms with Crippen molar-refractivity contribution in [1.82, 2.24) is 24.7 Å². The lowest BCUT2D eigenvalue weighted by atomic mass is 9.89. The summed E-state index contributed by atoms with van der Waals surface area (Å²) in [6, 6.07) is 7.41. The van der Waals surface area contributed by atoms with Gasteiger partial charge in [-0.3, -0.25) is 4.79 Å². The Hall–Kier alpha value is -2.85. The normalized spacial score (nSPS) is 16.4. The standard InChI is InChI=1S/C24H27N5O3S2/c1-13-5-10-17-18(11-13)34-23-20(17)22(30)25-21(26-23)14(2)33-24-28-27-19(29(24)3)12-32-16-8-6-15(31-4)7-9-16/h6-9,13-14H,5,10-12H2,1-4H3,(H,25,26,30)/t13-,14+/m1/s1. The summed E-state index contributed by atoms with van der Waals surface area (Å²) in [5.74, 6) is 3.54. The van der Waals surface area contributed by atoms with Crippen molar-refractivity contribution in [3.8, 4) is 11.5 Å². The highest BCUT2D eigenvalue weighted by atomic mass is 32.2. The van der Waals surface area contributed by atoms with Crippen LogP contribution < -0.4 is 15.0 Å². The molecule has 5 rings (SSSR count). The highest BCUT2D eigenvalue weighted by Gasteiger charge is 2.24. The van der Waals surface area contributed by atoms with Crippen LogP contribution in [-0.2, 0) is 26.5 Å². The van der Waals surface area contributed by atoms with Crippen LogP contribution in [0, 0.1) is 5.92 Å². The molecule has 178 valence electrons. The maximum Gasteiger partial charge on any atom is 0.259 e. The van der Waals surface area contributed by atoms with E-state index in [1.165, 1.54) is 22.2 Å². The molecule has 0 spiro atoms. The van der Waals surface area contributed by atoms with Gasteiger partial charge in [-0.25, -0.2) is 4.98 Å². The molecule has 1 aliphatic carbocycles. The molecular weight excluding hydrogens is 470 g/mol. The first-order valence-corrected chi connectivity index (χ1v) is 13.0. The summed E-state index contributed by atoms with van der Waals surface area (Å²) in [7, 11) is 3.54. The van der Waals surface area contributed by atoms with Crippen LogP contribution >= 0.6 is 23.1 Å². The molecule has 0 saturated carbocycles. The minimum atomic E-state index is -0.0894. The van der Waals surface area contributed by atoms with E-state index in [1.807, 2.05) is 42.8 Å². The summed E-state index contributed by atoms with van der Waals surface area (Å²) in [4.78, 5) is 23.0. The van der Waals surface area contributed by atoms with Crippen molar-refractivity contribution in [3.63, 3.8) is 0 Å². The second-order valence-electron chi connectivity index (χ2n) is 8.67. The zero-order valence-electron chi connectivity index (χ0n) is 19.6. The van der Waals surface area contributed by atoms with Gasteiger partial charge in [0, 0.05) is 11.9 Å². The predicted molar refractivity (Wildman–Crippen MR) is 134 cm³/mol. The largest absolute Gasteiger partial charge is 0.497 e. The maximum atomic E-state index is 12.9. The van der Waals surface area contributed by atoms with E-state index in [9.17, 15) is 4.79 Å². The topological polar surface area (TPSA) is 94.9 Å². The number of aromatic nitrogens is 5. The van der Waals surface area contributed by atoms with Crippen LogP contribution in [0.15, 0.2) is 34.2 Å². The van der Waals surface area contributed by atoms with Gasteiger partial charge in [-0.05, 0) is 61.9 Å². The molecule has 0 amide bonds. The van der Waals surface area contributed by atoms with E-state index in [4.69, 9.17) is 14.5 Å². The molecule has 0 unspecified atom stereocenters. The van der Waals surface area contributed by atoms with Gasteiger partial charge in [0.25, 0.3) is 5.56 Å². The molecule has 0 aliphatic heterocycles. The van der Waals surface area contributed by atoms with E-state index in [0.29, 0.717) is 24.2 Å². The molecule has 34 heavy (non-hydrogen) atoms. The Labute approximate surface area is 205 Å². The van der Waals surface area contributed by atoms with Crippen LogP contribution in [-0.4, -0.2) is 31.8 Å². The zero-order valence-corrected chi connectivity index (χ0v) is 21.3. The second-order valence-corrected chi connectivity index (χ2v) is 11.1. The number of aromatic amines is 1. The molecule has 0 saturated heterocycles. The number of hydrogen-bond donors (Lipinski definition) is 1. The number of thioether (sulfide) groups is 1. The third-order valence-corrected chi connectivity index (χ3v) is 8.49. The van der Waals surface area contributed by atoms with Crippen LogP contribution in [0.5, 0.6) is 11.5 Å². The summed E-state index contributed by atoms with van der Waals surface area (Å²) in [6.45, 7) is 4.59. The van der Waals surface area contributed by atoms with Crippen LogP contribution in [0.3, 0.4) is 0 Å². The van der Waals surface area contributed by atoms with Crippen LogP contribution in [0.25, 0.3) is 10.2 Å². The van der Waals surface area contributed by atoms with Crippen molar-refractivity contribution < 1.29 is 9.47 Å².